The van der Waals surface area contributed by atoms with E-state index in [1.165, 1.54) is 31.8 Å². The number of ether oxygens (including phenoxy) is 3. The molecule has 1 amide bonds. The topological polar surface area (TPSA) is 107 Å². The summed E-state index contributed by atoms with van der Waals surface area (Å²) in [5.74, 6) is 0.807. The van der Waals surface area contributed by atoms with Crippen LogP contribution in [0.5, 0.6) is 17.2 Å². The molecule has 0 spiro atoms. The van der Waals surface area contributed by atoms with Gasteiger partial charge in [-0.25, -0.2) is 13.8 Å². The van der Waals surface area contributed by atoms with E-state index in [1.807, 2.05) is 6.92 Å². The molecule has 2 aromatic rings. The number of methoxy groups -OCH3 is 3. The summed E-state index contributed by atoms with van der Waals surface area (Å²) in [5.41, 5.74) is 4.15. The van der Waals surface area contributed by atoms with E-state index >= 15 is 0 Å². The van der Waals surface area contributed by atoms with Gasteiger partial charge in [0.2, 0.25) is 21.7 Å². The fourth-order valence-corrected chi connectivity index (χ4v) is 5.17. The Morgan fingerprint density at radius 2 is 1.64 bits per heavy atom. The van der Waals surface area contributed by atoms with Crippen molar-refractivity contribution in [3.63, 3.8) is 0 Å². The van der Waals surface area contributed by atoms with Gasteiger partial charge in [0, 0.05) is 24.6 Å². The molecular weight excluding hydrogens is 446 g/mol. The van der Waals surface area contributed by atoms with Crippen LogP contribution in [0.2, 0.25) is 0 Å². The molecule has 1 saturated heterocycles. The van der Waals surface area contributed by atoms with E-state index in [1.54, 1.807) is 36.4 Å². The van der Waals surface area contributed by atoms with Crippen molar-refractivity contribution in [2.24, 2.45) is 11.0 Å². The highest BCUT2D eigenvalue weighted by molar-refractivity contribution is 7.89. The molecule has 1 aliphatic heterocycles. The van der Waals surface area contributed by atoms with Crippen molar-refractivity contribution in [2.45, 2.75) is 24.7 Å². The maximum Gasteiger partial charge on any atom is 0.243 e. The molecule has 9 nitrogen and oxygen atoms in total. The average molecular weight is 476 g/mol. The van der Waals surface area contributed by atoms with E-state index in [0.717, 1.165) is 5.56 Å². The van der Waals surface area contributed by atoms with Gasteiger partial charge < -0.3 is 14.2 Å². The van der Waals surface area contributed by atoms with E-state index in [9.17, 15) is 13.2 Å². The molecule has 178 valence electrons. The van der Waals surface area contributed by atoms with E-state index in [4.69, 9.17) is 14.2 Å². The lowest BCUT2D eigenvalue weighted by atomic mass is 9.98. The number of aryl methyl sites for hydroxylation is 1. The maximum absolute atomic E-state index is 12.8. The number of rotatable bonds is 8. The van der Waals surface area contributed by atoms with Gasteiger partial charge >= 0.3 is 0 Å². The summed E-state index contributed by atoms with van der Waals surface area (Å²) < 4.78 is 43.1. The van der Waals surface area contributed by atoms with Gasteiger partial charge in [-0.15, -0.1) is 0 Å². The number of benzene rings is 2. The molecule has 1 heterocycles. The lowest BCUT2D eigenvalue weighted by Gasteiger charge is -2.30. The molecular formula is C23H29N3O6S. The minimum absolute atomic E-state index is 0.252. The van der Waals surface area contributed by atoms with E-state index in [-0.39, 0.29) is 29.8 Å². The Balaban J connectivity index is 1.60. The number of hydrogen-bond acceptors (Lipinski definition) is 7. The van der Waals surface area contributed by atoms with Crippen LogP contribution in [0.25, 0.3) is 0 Å². The van der Waals surface area contributed by atoms with Crippen LogP contribution in [-0.4, -0.2) is 59.3 Å². The standard InChI is InChI=1S/C23H29N3O6S/c1-16-5-8-19(9-6-16)33(28,29)26-13-11-17(12-14-26)23(27)25-24-15-18-7-10-20(30-2)22(32-4)21(18)31-3/h5-10,15,17H,11-14H2,1-4H3,(H,25,27)/b24-15+. The SMILES string of the molecule is COc1ccc(/C=N/NC(=O)C2CCN(S(=O)(=O)c3ccc(C)cc3)CC2)c(OC)c1OC. The van der Waals surface area contributed by atoms with Gasteiger partial charge in [0.25, 0.3) is 0 Å². The van der Waals surface area contributed by atoms with Gasteiger partial charge in [0.05, 0.1) is 32.4 Å². The predicted octanol–water partition coefficient (Wildman–Crippen LogP) is 2.57. The molecule has 0 aromatic heterocycles. The number of carbonyl (C=O) groups excluding carboxylic acids is 1. The quantitative estimate of drug-likeness (QED) is 0.465. The third-order valence-corrected chi connectivity index (χ3v) is 7.51. The molecule has 0 saturated carbocycles. The van der Waals surface area contributed by atoms with Crippen molar-refractivity contribution in [1.29, 1.82) is 0 Å². The van der Waals surface area contributed by atoms with Crippen molar-refractivity contribution in [3.05, 3.63) is 47.5 Å². The van der Waals surface area contributed by atoms with Gasteiger partial charge in [-0.3, -0.25) is 4.79 Å². The normalized spacial score (nSPS) is 15.4. The van der Waals surface area contributed by atoms with Crippen LogP contribution in [0.1, 0.15) is 24.0 Å². The number of carbonyl (C=O) groups is 1. The number of piperidine rings is 1. The zero-order chi connectivity index (χ0) is 24.0. The second-order valence-corrected chi connectivity index (χ2v) is 9.59. The molecule has 1 fully saturated rings. The first-order valence-electron chi connectivity index (χ1n) is 10.5. The van der Waals surface area contributed by atoms with Crippen molar-refractivity contribution in [2.75, 3.05) is 34.4 Å². The largest absolute Gasteiger partial charge is 0.493 e. The Kier molecular flexibility index (Phi) is 7.93. The van der Waals surface area contributed by atoms with Crippen molar-refractivity contribution < 1.29 is 27.4 Å². The molecule has 1 N–H and O–H groups in total. The number of amides is 1. The molecule has 33 heavy (non-hydrogen) atoms. The molecule has 1 aliphatic rings. The minimum Gasteiger partial charge on any atom is -0.493 e. The lowest BCUT2D eigenvalue weighted by Crippen LogP contribution is -2.42. The average Bonchev–Trinajstić information content (AvgIpc) is 2.83. The Hall–Kier alpha value is -3.11. The molecule has 0 unspecified atom stereocenters. The summed E-state index contributed by atoms with van der Waals surface area (Å²) in [7, 11) is 0.979. The second kappa shape index (κ2) is 10.7. The highest BCUT2D eigenvalue weighted by Gasteiger charge is 2.32. The first-order chi connectivity index (χ1) is 15.8. The zero-order valence-corrected chi connectivity index (χ0v) is 20.0. The van der Waals surface area contributed by atoms with E-state index in [2.05, 4.69) is 10.5 Å². The summed E-state index contributed by atoms with van der Waals surface area (Å²) in [4.78, 5) is 12.8. The first kappa shape index (κ1) is 24.5. The van der Waals surface area contributed by atoms with Crippen molar-refractivity contribution in [3.8, 4) is 17.2 Å². The van der Waals surface area contributed by atoms with Crippen LogP contribution in [-0.2, 0) is 14.8 Å². The monoisotopic (exact) mass is 475 g/mol. The van der Waals surface area contributed by atoms with Gasteiger partial charge in [-0.05, 0) is 44.0 Å². The van der Waals surface area contributed by atoms with Gasteiger partial charge in [-0.2, -0.15) is 9.41 Å². The van der Waals surface area contributed by atoms with Crippen LogP contribution >= 0.6 is 0 Å². The Bertz CT molecular complexity index is 1110. The molecule has 2 aromatic carbocycles. The van der Waals surface area contributed by atoms with Crippen LogP contribution < -0.4 is 19.6 Å². The Morgan fingerprint density at radius 1 is 1.00 bits per heavy atom. The Morgan fingerprint density at radius 3 is 2.21 bits per heavy atom. The zero-order valence-electron chi connectivity index (χ0n) is 19.2. The molecule has 3 rings (SSSR count). The molecule has 0 aliphatic carbocycles. The van der Waals surface area contributed by atoms with Crippen LogP contribution in [0.15, 0.2) is 46.4 Å². The summed E-state index contributed by atoms with van der Waals surface area (Å²) in [6.45, 7) is 2.47. The third kappa shape index (κ3) is 5.45. The van der Waals surface area contributed by atoms with Gasteiger partial charge in [0.15, 0.2) is 11.5 Å². The van der Waals surface area contributed by atoms with Crippen molar-refractivity contribution in [1.82, 2.24) is 9.73 Å². The summed E-state index contributed by atoms with van der Waals surface area (Å²) in [6, 6.07) is 10.2. The fourth-order valence-electron chi connectivity index (χ4n) is 3.70. The van der Waals surface area contributed by atoms with Crippen molar-refractivity contribution >= 4 is 22.1 Å². The summed E-state index contributed by atoms with van der Waals surface area (Å²) >= 11 is 0. The number of nitrogens with zero attached hydrogens (tertiary/aromatic N) is 2. The van der Waals surface area contributed by atoms with Crippen LogP contribution in [0.3, 0.4) is 0 Å². The maximum atomic E-state index is 12.8. The first-order valence-corrected chi connectivity index (χ1v) is 11.9. The van der Waals surface area contributed by atoms with Crippen LogP contribution in [0.4, 0.5) is 0 Å². The number of hydrazone groups is 1. The summed E-state index contributed by atoms with van der Waals surface area (Å²) in [5, 5.41) is 4.05. The molecule has 10 heteroatoms. The number of nitrogens with one attached hydrogen (secondary N) is 1. The van der Waals surface area contributed by atoms with E-state index in [0.29, 0.717) is 35.7 Å². The fraction of sp³-hybridized carbons (Fsp3) is 0.391. The molecule has 0 radical (unpaired) electrons. The third-order valence-electron chi connectivity index (χ3n) is 5.60. The number of hydrogen-bond donors (Lipinski definition) is 1. The molecule has 0 bridgehead atoms. The second-order valence-electron chi connectivity index (χ2n) is 7.65. The highest BCUT2D eigenvalue weighted by atomic mass is 32.2. The number of sulfonamides is 1. The highest BCUT2D eigenvalue weighted by Crippen LogP contribution is 2.39. The van der Waals surface area contributed by atoms with Gasteiger partial charge in [0.1, 0.15) is 0 Å². The van der Waals surface area contributed by atoms with E-state index < -0.39 is 10.0 Å². The predicted molar refractivity (Wildman–Crippen MR) is 124 cm³/mol. The lowest BCUT2D eigenvalue weighted by molar-refractivity contribution is -0.126. The van der Waals surface area contributed by atoms with Gasteiger partial charge in [-0.1, -0.05) is 17.7 Å². The smallest absolute Gasteiger partial charge is 0.243 e. The van der Waals surface area contributed by atoms with Crippen LogP contribution in [0, 0.1) is 12.8 Å². The Labute approximate surface area is 194 Å². The summed E-state index contributed by atoms with van der Waals surface area (Å²) in [6.07, 6.45) is 2.31. The molecule has 0 atom stereocenters. The minimum atomic E-state index is -3.56.